The van der Waals surface area contributed by atoms with E-state index in [2.05, 4.69) is 38.2 Å². The summed E-state index contributed by atoms with van der Waals surface area (Å²) in [5.74, 6) is 2.27. The molecular formula is C18H31NO2. The SMILES string of the molecule is CCCNC(c1ccc(OCC)c(OCC)c1)C(C)CC. The molecule has 0 saturated carbocycles. The molecule has 3 heteroatoms. The first-order valence-electron chi connectivity index (χ1n) is 8.30. The number of ether oxygens (including phenoxy) is 2. The minimum absolute atomic E-state index is 0.366. The van der Waals surface area contributed by atoms with Crippen molar-refractivity contribution in [2.75, 3.05) is 19.8 Å². The van der Waals surface area contributed by atoms with E-state index in [0.29, 0.717) is 25.2 Å². The van der Waals surface area contributed by atoms with Gasteiger partial charge in [0, 0.05) is 6.04 Å². The Kier molecular flexibility index (Phi) is 8.21. The van der Waals surface area contributed by atoms with Crippen LogP contribution in [0.3, 0.4) is 0 Å². The van der Waals surface area contributed by atoms with Gasteiger partial charge in [0.25, 0.3) is 0 Å². The van der Waals surface area contributed by atoms with E-state index in [1.165, 1.54) is 5.56 Å². The smallest absolute Gasteiger partial charge is 0.161 e. The Morgan fingerprint density at radius 1 is 1.00 bits per heavy atom. The summed E-state index contributed by atoms with van der Waals surface area (Å²) in [7, 11) is 0. The molecule has 120 valence electrons. The molecular weight excluding hydrogens is 262 g/mol. The van der Waals surface area contributed by atoms with Gasteiger partial charge in [0.2, 0.25) is 0 Å². The molecule has 0 aliphatic rings. The minimum Gasteiger partial charge on any atom is -0.490 e. The lowest BCUT2D eigenvalue weighted by Gasteiger charge is -2.26. The monoisotopic (exact) mass is 293 g/mol. The molecule has 0 amide bonds. The van der Waals surface area contributed by atoms with E-state index in [4.69, 9.17) is 9.47 Å². The minimum atomic E-state index is 0.366. The summed E-state index contributed by atoms with van der Waals surface area (Å²) in [5, 5.41) is 3.66. The summed E-state index contributed by atoms with van der Waals surface area (Å²) >= 11 is 0. The molecule has 0 bridgehead atoms. The van der Waals surface area contributed by atoms with Crippen LogP contribution in [0, 0.1) is 5.92 Å². The number of rotatable bonds is 10. The Morgan fingerprint density at radius 2 is 1.67 bits per heavy atom. The number of nitrogens with one attached hydrogen (secondary N) is 1. The lowest BCUT2D eigenvalue weighted by molar-refractivity contribution is 0.286. The summed E-state index contributed by atoms with van der Waals surface area (Å²) in [6.45, 7) is 13.1. The van der Waals surface area contributed by atoms with Crippen molar-refractivity contribution in [3.63, 3.8) is 0 Å². The predicted molar refractivity (Wildman–Crippen MR) is 89.3 cm³/mol. The number of hydrogen-bond donors (Lipinski definition) is 1. The molecule has 0 heterocycles. The average molecular weight is 293 g/mol. The molecule has 0 aromatic heterocycles. The van der Waals surface area contributed by atoms with Crippen LogP contribution >= 0.6 is 0 Å². The Hall–Kier alpha value is -1.22. The topological polar surface area (TPSA) is 30.5 Å². The third-order valence-electron chi connectivity index (χ3n) is 3.75. The second-order valence-corrected chi connectivity index (χ2v) is 5.39. The van der Waals surface area contributed by atoms with E-state index in [1.54, 1.807) is 0 Å². The third kappa shape index (κ3) is 5.24. The van der Waals surface area contributed by atoms with E-state index in [0.717, 1.165) is 30.9 Å². The summed E-state index contributed by atoms with van der Waals surface area (Å²) in [6, 6.07) is 6.69. The van der Waals surface area contributed by atoms with Crippen LogP contribution in [0.15, 0.2) is 18.2 Å². The third-order valence-corrected chi connectivity index (χ3v) is 3.75. The zero-order valence-electron chi connectivity index (χ0n) is 14.2. The maximum atomic E-state index is 5.75. The van der Waals surface area contributed by atoms with Gasteiger partial charge in [-0.15, -0.1) is 0 Å². The molecule has 1 rings (SSSR count). The molecule has 0 fully saturated rings. The second kappa shape index (κ2) is 9.67. The van der Waals surface area contributed by atoms with E-state index >= 15 is 0 Å². The van der Waals surface area contributed by atoms with E-state index in [1.807, 2.05) is 19.9 Å². The van der Waals surface area contributed by atoms with Crippen LogP contribution in [-0.4, -0.2) is 19.8 Å². The van der Waals surface area contributed by atoms with Gasteiger partial charge in [0.1, 0.15) is 0 Å². The fourth-order valence-corrected chi connectivity index (χ4v) is 2.44. The molecule has 1 aromatic carbocycles. The fraction of sp³-hybridized carbons (Fsp3) is 0.667. The molecule has 21 heavy (non-hydrogen) atoms. The van der Waals surface area contributed by atoms with Crippen molar-refractivity contribution < 1.29 is 9.47 Å². The summed E-state index contributed by atoms with van der Waals surface area (Å²) in [4.78, 5) is 0. The number of benzene rings is 1. The lowest BCUT2D eigenvalue weighted by Crippen LogP contribution is -2.27. The first-order chi connectivity index (χ1) is 10.2. The highest BCUT2D eigenvalue weighted by Crippen LogP contribution is 2.33. The summed E-state index contributed by atoms with van der Waals surface area (Å²) in [6.07, 6.45) is 2.29. The van der Waals surface area contributed by atoms with Crippen molar-refractivity contribution >= 4 is 0 Å². The molecule has 1 N–H and O–H groups in total. The van der Waals surface area contributed by atoms with Gasteiger partial charge in [-0.05, 0) is 50.4 Å². The molecule has 0 aliphatic heterocycles. The molecule has 3 nitrogen and oxygen atoms in total. The molecule has 1 aromatic rings. The molecule has 0 radical (unpaired) electrons. The fourth-order valence-electron chi connectivity index (χ4n) is 2.44. The normalized spacial score (nSPS) is 13.8. The maximum absolute atomic E-state index is 5.75. The van der Waals surface area contributed by atoms with Crippen molar-refractivity contribution in [2.45, 2.75) is 53.5 Å². The van der Waals surface area contributed by atoms with Crippen LogP contribution in [0.2, 0.25) is 0 Å². The van der Waals surface area contributed by atoms with Crippen molar-refractivity contribution in [1.29, 1.82) is 0 Å². The van der Waals surface area contributed by atoms with E-state index in [-0.39, 0.29) is 0 Å². The first-order valence-corrected chi connectivity index (χ1v) is 8.30. The molecule has 0 saturated heterocycles. The maximum Gasteiger partial charge on any atom is 0.161 e. The van der Waals surface area contributed by atoms with Gasteiger partial charge < -0.3 is 14.8 Å². The Labute approximate surface area is 130 Å². The predicted octanol–water partition coefficient (Wildman–Crippen LogP) is 4.57. The van der Waals surface area contributed by atoms with Gasteiger partial charge in [-0.1, -0.05) is 33.3 Å². The van der Waals surface area contributed by atoms with Gasteiger partial charge in [0.05, 0.1) is 13.2 Å². The standard InChI is InChI=1S/C18H31NO2/c1-6-12-19-18(14(5)7-2)15-10-11-16(20-8-3)17(13-15)21-9-4/h10-11,13-14,18-19H,6-9,12H2,1-5H3. The number of hydrogen-bond acceptors (Lipinski definition) is 3. The Balaban J connectivity index is 3.03. The van der Waals surface area contributed by atoms with Gasteiger partial charge >= 0.3 is 0 Å². The van der Waals surface area contributed by atoms with Crippen LogP contribution < -0.4 is 14.8 Å². The van der Waals surface area contributed by atoms with Gasteiger partial charge in [-0.25, -0.2) is 0 Å². The van der Waals surface area contributed by atoms with Gasteiger partial charge in [0.15, 0.2) is 11.5 Å². The van der Waals surface area contributed by atoms with Crippen molar-refractivity contribution in [1.82, 2.24) is 5.32 Å². The van der Waals surface area contributed by atoms with E-state index < -0.39 is 0 Å². The second-order valence-electron chi connectivity index (χ2n) is 5.39. The molecule has 0 aliphatic carbocycles. The zero-order chi connectivity index (χ0) is 15.7. The molecule has 0 spiro atoms. The molecule has 2 atom stereocenters. The highest BCUT2D eigenvalue weighted by Gasteiger charge is 2.19. The van der Waals surface area contributed by atoms with Crippen LogP contribution in [-0.2, 0) is 0 Å². The van der Waals surface area contributed by atoms with E-state index in [9.17, 15) is 0 Å². The van der Waals surface area contributed by atoms with Crippen LogP contribution in [0.5, 0.6) is 11.5 Å². The molecule has 2 unspecified atom stereocenters. The van der Waals surface area contributed by atoms with Gasteiger partial charge in [-0.3, -0.25) is 0 Å². The highest BCUT2D eigenvalue weighted by molar-refractivity contribution is 5.44. The van der Waals surface area contributed by atoms with Crippen LogP contribution in [0.25, 0.3) is 0 Å². The largest absolute Gasteiger partial charge is 0.490 e. The quantitative estimate of drug-likeness (QED) is 0.685. The van der Waals surface area contributed by atoms with Crippen molar-refractivity contribution in [2.24, 2.45) is 5.92 Å². The van der Waals surface area contributed by atoms with Crippen LogP contribution in [0.4, 0.5) is 0 Å². The average Bonchev–Trinajstić information content (AvgIpc) is 2.50. The summed E-state index contributed by atoms with van der Waals surface area (Å²) in [5.41, 5.74) is 1.28. The van der Waals surface area contributed by atoms with Gasteiger partial charge in [-0.2, -0.15) is 0 Å². The van der Waals surface area contributed by atoms with Crippen molar-refractivity contribution in [3.8, 4) is 11.5 Å². The van der Waals surface area contributed by atoms with Crippen molar-refractivity contribution in [3.05, 3.63) is 23.8 Å². The zero-order valence-corrected chi connectivity index (χ0v) is 14.2. The van der Waals surface area contributed by atoms with Crippen LogP contribution in [0.1, 0.15) is 59.1 Å². The first kappa shape index (κ1) is 17.8. The highest BCUT2D eigenvalue weighted by atomic mass is 16.5. The lowest BCUT2D eigenvalue weighted by atomic mass is 9.92. The summed E-state index contributed by atoms with van der Waals surface area (Å²) < 4.78 is 11.4. The Bertz CT molecular complexity index is 406. The Morgan fingerprint density at radius 3 is 2.24 bits per heavy atom.